The summed E-state index contributed by atoms with van der Waals surface area (Å²) in [6.07, 6.45) is 6.37. The first-order valence-corrected chi connectivity index (χ1v) is 6.44. The molecule has 17 heavy (non-hydrogen) atoms. The van der Waals surface area contributed by atoms with Crippen LogP contribution in [0.1, 0.15) is 13.3 Å². The first-order chi connectivity index (χ1) is 8.22. The Balaban J connectivity index is 2.32. The number of halogens is 1. The lowest BCUT2D eigenvalue weighted by atomic mass is 10.1. The van der Waals surface area contributed by atoms with Crippen LogP contribution in [0.15, 0.2) is 40.9 Å². The van der Waals surface area contributed by atoms with Crippen LogP contribution in [-0.2, 0) is 0 Å². The Labute approximate surface area is 110 Å². The predicted octanol–water partition coefficient (Wildman–Crippen LogP) is 4.43. The van der Waals surface area contributed by atoms with Crippen molar-refractivity contribution in [3.05, 3.63) is 40.9 Å². The molecule has 0 aliphatic heterocycles. The van der Waals surface area contributed by atoms with Crippen LogP contribution in [0.3, 0.4) is 0 Å². The molecule has 0 aliphatic carbocycles. The van der Waals surface area contributed by atoms with Crippen molar-refractivity contribution in [1.82, 2.24) is 0 Å². The Kier molecular flexibility index (Phi) is 3.71. The number of terminal acetylenes is 1. The molecule has 0 aliphatic rings. The highest BCUT2D eigenvalue weighted by atomic mass is 79.9. The average molecular weight is 288 g/mol. The van der Waals surface area contributed by atoms with Gasteiger partial charge in [-0.2, -0.15) is 0 Å². The molecule has 0 bridgehead atoms. The lowest BCUT2D eigenvalue weighted by Crippen LogP contribution is -2.15. The highest BCUT2D eigenvalue weighted by Crippen LogP contribution is 2.23. The summed E-state index contributed by atoms with van der Waals surface area (Å²) in [5, 5.41) is 5.77. The van der Waals surface area contributed by atoms with E-state index in [0.29, 0.717) is 0 Å². The van der Waals surface area contributed by atoms with Gasteiger partial charge in [0.2, 0.25) is 0 Å². The van der Waals surface area contributed by atoms with Gasteiger partial charge in [0.15, 0.2) is 0 Å². The van der Waals surface area contributed by atoms with Gasteiger partial charge in [-0.25, -0.2) is 0 Å². The van der Waals surface area contributed by atoms with E-state index in [1.165, 1.54) is 10.8 Å². The van der Waals surface area contributed by atoms with Gasteiger partial charge in [0.05, 0.1) is 6.04 Å². The molecule has 1 N–H and O–H groups in total. The minimum absolute atomic E-state index is 0.0999. The number of hydrogen-bond acceptors (Lipinski definition) is 1. The van der Waals surface area contributed by atoms with E-state index >= 15 is 0 Å². The van der Waals surface area contributed by atoms with Crippen LogP contribution in [0.4, 0.5) is 5.69 Å². The summed E-state index contributed by atoms with van der Waals surface area (Å²) >= 11 is 3.47. The van der Waals surface area contributed by atoms with Crippen molar-refractivity contribution in [2.24, 2.45) is 0 Å². The second-order valence-electron chi connectivity index (χ2n) is 3.98. The van der Waals surface area contributed by atoms with Crippen molar-refractivity contribution in [1.29, 1.82) is 0 Å². The average Bonchev–Trinajstić information content (AvgIpc) is 2.36. The van der Waals surface area contributed by atoms with Gasteiger partial charge in [-0.05, 0) is 41.5 Å². The predicted molar refractivity (Wildman–Crippen MR) is 78.2 cm³/mol. The molecule has 2 aromatic carbocycles. The number of hydrogen-bond donors (Lipinski definition) is 1. The molecule has 1 atom stereocenters. The normalized spacial score (nSPS) is 12.1. The maximum atomic E-state index is 5.44. The molecule has 0 radical (unpaired) electrons. The number of nitrogens with one attached hydrogen (secondary N) is 1. The molecule has 2 heteroatoms. The second kappa shape index (κ2) is 5.25. The minimum Gasteiger partial charge on any atom is -0.372 e. The molecular weight excluding hydrogens is 274 g/mol. The summed E-state index contributed by atoms with van der Waals surface area (Å²) in [5.74, 6) is 2.74. The van der Waals surface area contributed by atoms with E-state index in [1.807, 2.05) is 6.07 Å². The van der Waals surface area contributed by atoms with Crippen molar-refractivity contribution in [3.63, 3.8) is 0 Å². The van der Waals surface area contributed by atoms with Gasteiger partial charge in [-0.15, -0.1) is 6.42 Å². The minimum atomic E-state index is 0.0999. The molecule has 1 unspecified atom stereocenters. The SMILES string of the molecule is C#CC(CC)Nc1ccc2cc(Br)ccc2c1. The first kappa shape index (κ1) is 12.0. The molecule has 0 aromatic heterocycles. The van der Waals surface area contributed by atoms with Crippen LogP contribution in [0.5, 0.6) is 0 Å². The van der Waals surface area contributed by atoms with Crippen LogP contribution in [0.2, 0.25) is 0 Å². The fraction of sp³-hybridized carbons (Fsp3) is 0.200. The van der Waals surface area contributed by atoms with Gasteiger partial charge in [0.1, 0.15) is 0 Å². The van der Waals surface area contributed by atoms with Gasteiger partial charge in [-0.1, -0.05) is 40.9 Å². The van der Waals surface area contributed by atoms with E-state index in [1.54, 1.807) is 0 Å². The maximum Gasteiger partial charge on any atom is 0.0871 e. The van der Waals surface area contributed by atoms with Gasteiger partial charge >= 0.3 is 0 Å². The van der Waals surface area contributed by atoms with Gasteiger partial charge in [-0.3, -0.25) is 0 Å². The van der Waals surface area contributed by atoms with Crippen molar-refractivity contribution >= 4 is 32.4 Å². The van der Waals surface area contributed by atoms with E-state index in [9.17, 15) is 0 Å². The Bertz CT molecular complexity index is 569. The number of anilines is 1. The molecule has 0 heterocycles. The van der Waals surface area contributed by atoms with E-state index in [-0.39, 0.29) is 6.04 Å². The Morgan fingerprint density at radius 1 is 1.24 bits per heavy atom. The number of rotatable bonds is 3. The van der Waals surface area contributed by atoms with E-state index < -0.39 is 0 Å². The summed E-state index contributed by atoms with van der Waals surface area (Å²) < 4.78 is 1.10. The fourth-order valence-electron chi connectivity index (χ4n) is 1.77. The topological polar surface area (TPSA) is 12.0 Å². The van der Waals surface area contributed by atoms with Crippen molar-refractivity contribution < 1.29 is 0 Å². The zero-order valence-corrected chi connectivity index (χ0v) is 11.3. The van der Waals surface area contributed by atoms with Crippen molar-refractivity contribution in [2.75, 3.05) is 5.32 Å². The van der Waals surface area contributed by atoms with E-state index in [2.05, 4.69) is 64.4 Å². The summed E-state index contributed by atoms with van der Waals surface area (Å²) in [5.41, 5.74) is 1.07. The standard InChI is InChI=1S/C15H14BrN/c1-3-14(4-2)17-15-8-6-11-9-13(16)7-5-12(11)10-15/h1,5-10,14,17H,4H2,2H3. The Hall–Kier alpha value is -1.46. The third kappa shape index (κ3) is 2.81. The van der Waals surface area contributed by atoms with Gasteiger partial charge in [0, 0.05) is 10.2 Å². The van der Waals surface area contributed by atoms with E-state index in [4.69, 9.17) is 6.42 Å². The second-order valence-corrected chi connectivity index (χ2v) is 4.89. The monoisotopic (exact) mass is 287 g/mol. The number of benzene rings is 2. The van der Waals surface area contributed by atoms with Gasteiger partial charge < -0.3 is 5.32 Å². The van der Waals surface area contributed by atoms with Crippen LogP contribution >= 0.6 is 15.9 Å². The number of fused-ring (bicyclic) bond motifs is 1. The molecule has 1 nitrogen and oxygen atoms in total. The molecular formula is C15H14BrN. The molecule has 2 aromatic rings. The van der Waals surface area contributed by atoms with Gasteiger partial charge in [0.25, 0.3) is 0 Å². The quantitative estimate of drug-likeness (QED) is 0.824. The molecule has 0 spiro atoms. The van der Waals surface area contributed by atoms with Crippen LogP contribution in [-0.4, -0.2) is 6.04 Å². The maximum absolute atomic E-state index is 5.44. The van der Waals surface area contributed by atoms with Crippen molar-refractivity contribution in [2.45, 2.75) is 19.4 Å². The summed E-state index contributed by atoms with van der Waals surface area (Å²) in [7, 11) is 0. The largest absolute Gasteiger partial charge is 0.372 e. The van der Waals surface area contributed by atoms with Crippen LogP contribution in [0.25, 0.3) is 10.8 Å². The zero-order chi connectivity index (χ0) is 12.3. The summed E-state index contributed by atoms with van der Waals surface area (Å²) in [6.45, 7) is 2.08. The molecule has 2 rings (SSSR count). The molecule has 0 fully saturated rings. The molecule has 86 valence electrons. The molecule has 0 saturated carbocycles. The smallest absolute Gasteiger partial charge is 0.0871 e. The molecule has 0 amide bonds. The lowest BCUT2D eigenvalue weighted by Gasteiger charge is -2.12. The third-order valence-corrected chi connectivity index (χ3v) is 3.25. The summed E-state index contributed by atoms with van der Waals surface area (Å²) in [6, 6.07) is 12.6. The summed E-state index contributed by atoms with van der Waals surface area (Å²) in [4.78, 5) is 0. The zero-order valence-electron chi connectivity index (χ0n) is 9.70. The van der Waals surface area contributed by atoms with Crippen molar-refractivity contribution in [3.8, 4) is 12.3 Å². The fourth-order valence-corrected chi connectivity index (χ4v) is 2.15. The third-order valence-electron chi connectivity index (χ3n) is 2.75. The Morgan fingerprint density at radius 2 is 1.94 bits per heavy atom. The first-order valence-electron chi connectivity index (χ1n) is 5.65. The highest BCUT2D eigenvalue weighted by Gasteiger charge is 2.02. The lowest BCUT2D eigenvalue weighted by molar-refractivity contribution is 0.858. The van der Waals surface area contributed by atoms with E-state index in [0.717, 1.165) is 16.6 Å². The Morgan fingerprint density at radius 3 is 2.65 bits per heavy atom. The van der Waals surface area contributed by atoms with Crippen LogP contribution in [0, 0.1) is 12.3 Å². The highest BCUT2D eigenvalue weighted by molar-refractivity contribution is 9.10. The molecule has 0 saturated heterocycles. The van der Waals surface area contributed by atoms with Crippen LogP contribution < -0.4 is 5.32 Å².